The summed E-state index contributed by atoms with van der Waals surface area (Å²) in [7, 11) is 0. The molecule has 0 saturated carbocycles. The SMILES string of the molecule is Cc1cc(Cl)c(C)c(C(=O)C(C)Cl)c1OC(C)C. The summed E-state index contributed by atoms with van der Waals surface area (Å²) in [6.45, 7) is 9.17. The second-order valence-corrected chi connectivity index (χ2v) is 5.71. The molecule has 0 saturated heterocycles. The Kier molecular flexibility index (Phi) is 5.06. The average molecular weight is 289 g/mol. The van der Waals surface area contributed by atoms with Crippen LogP contribution in [-0.4, -0.2) is 17.3 Å². The number of aryl methyl sites for hydroxylation is 1. The summed E-state index contributed by atoms with van der Waals surface area (Å²) in [6.07, 6.45) is -0.0125. The summed E-state index contributed by atoms with van der Waals surface area (Å²) in [4.78, 5) is 12.2. The number of hydrogen-bond acceptors (Lipinski definition) is 2. The topological polar surface area (TPSA) is 26.3 Å². The van der Waals surface area contributed by atoms with Crippen molar-refractivity contribution in [1.29, 1.82) is 0 Å². The van der Waals surface area contributed by atoms with Crippen molar-refractivity contribution in [3.63, 3.8) is 0 Å². The van der Waals surface area contributed by atoms with Crippen LogP contribution in [0.1, 0.15) is 42.3 Å². The Balaban J connectivity index is 3.47. The van der Waals surface area contributed by atoms with Gasteiger partial charge < -0.3 is 4.74 Å². The number of carbonyl (C=O) groups is 1. The predicted molar refractivity (Wildman–Crippen MR) is 76.3 cm³/mol. The summed E-state index contributed by atoms with van der Waals surface area (Å²) in [5, 5.41) is -0.0413. The summed E-state index contributed by atoms with van der Waals surface area (Å²) in [5.41, 5.74) is 2.06. The molecule has 1 rings (SSSR count). The minimum absolute atomic E-state index is 0.0125. The van der Waals surface area contributed by atoms with Crippen LogP contribution >= 0.6 is 23.2 Å². The molecule has 18 heavy (non-hydrogen) atoms. The van der Waals surface area contributed by atoms with Crippen molar-refractivity contribution in [3.8, 4) is 5.75 Å². The van der Waals surface area contributed by atoms with E-state index >= 15 is 0 Å². The molecule has 1 aromatic carbocycles. The lowest BCUT2D eigenvalue weighted by atomic mass is 9.98. The summed E-state index contributed by atoms with van der Waals surface area (Å²) in [6, 6.07) is 1.81. The molecule has 0 amide bonds. The van der Waals surface area contributed by atoms with Crippen LogP contribution in [-0.2, 0) is 0 Å². The van der Waals surface area contributed by atoms with E-state index < -0.39 is 5.38 Å². The van der Waals surface area contributed by atoms with E-state index in [4.69, 9.17) is 27.9 Å². The largest absolute Gasteiger partial charge is 0.490 e. The number of ether oxygens (including phenoxy) is 1. The van der Waals surface area contributed by atoms with Crippen LogP contribution in [0.25, 0.3) is 0 Å². The highest BCUT2D eigenvalue weighted by atomic mass is 35.5. The van der Waals surface area contributed by atoms with Gasteiger partial charge in [-0.25, -0.2) is 0 Å². The van der Waals surface area contributed by atoms with Crippen LogP contribution < -0.4 is 4.74 Å². The van der Waals surface area contributed by atoms with Gasteiger partial charge in [0.05, 0.1) is 17.0 Å². The molecule has 0 bridgehead atoms. The van der Waals surface area contributed by atoms with E-state index in [0.29, 0.717) is 16.3 Å². The van der Waals surface area contributed by atoms with Crippen LogP contribution in [0.5, 0.6) is 5.75 Å². The maximum absolute atomic E-state index is 12.2. The van der Waals surface area contributed by atoms with Gasteiger partial charge in [-0.3, -0.25) is 4.79 Å². The fourth-order valence-electron chi connectivity index (χ4n) is 1.73. The van der Waals surface area contributed by atoms with Crippen molar-refractivity contribution in [2.75, 3.05) is 0 Å². The number of alkyl halides is 1. The molecule has 0 spiro atoms. The van der Waals surface area contributed by atoms with Gasteiger partial charge in [-0.1, -0.05) is 11.6 Å². The van der Waals surface area contributed by atoms with Crippen LogP contribution in [0.4, 0.5) is 0 Å². The normalized spacial score (nSPS) is 12.7. The Labute approximate surface area is 118 Å². The molecule has 0 heterocycles. The molecule has 1 aromatic rings. The van der Waals surface area contributed by atoms with E-state index in [0.717, 1.165) is 11.1 Å². The highest BCUT2D eigenvalue weighted by molar-refractivity contribution is 6.35. The van der Waals surface area contributed by atoms with E-state index in [2.05, 4.69) is 0 Å². The van der Waals surface area contributed by atoms with Crippen LogP contribution in [0, 0.1) is 13.8 Å². The lowest BCUT2D eigenvalue weighted by Crippen LogP contribution is -2.17. The zero-order valence-electron chi connectivity index (χ0n) is 11.3. The molecule has 100 valence electrons. The van der Waals surface area contributed by atoms with Crippen molar-refractivity contribution in [2.24, 2.45) is 0 Å². The predicted octanol–water partition coefficient (Wildman–Crippen LogP) is 4.55. The van der Waals surface area contributed by atoms with Gasteiger partial charge >= 0.3 is 0 Å². The minimum Gasteiger partial charge on any atom is -0.490 e. The van der Waals surface area contributed by atoms with Gasteiger partial charge in [0.2, 0.25) is 0 Å². The lowest BCUT2D eigenvalue weighted by molar-refractivity contribution is 0.0985. The molecule has 0 aliphatic carbocycles. The number of benzene rings is 1. The Morgan fingerprint density at radius 1 is 1.28 bits per heavy atom. The standard InChI is InChI=1S/C14H18Cl2O2/c1-7(2)18-14-8(3)6-11(16)9(4)12(14)13(17)10(5)15/h6-7,10H,1-5H3. The first-order valence-corrected chi connectivity index (χ1v) is 6.71. The summed E-state index contributed by atoms with van der Waals surface area (Å²) < 4.78 is 5.75. The highest BCUT2D eigenvalue weighted by Gasteiger charge is 2.23. The number of rotatable bonds is 4. The van der Waals surface area contributed by atoms with Gasteiger partial charge in [-0.2, -0.15) is 0 Å². The number of hydrogen-bond donors (Lipinski definition) is 0. The monoisotopic (exact) mass is 288 g/mol. The van der Waals surface area contributed by atoms with Crippen LogP contribution in [0.2, 0.25) is 5.02 Å². The van der Waals surface area contributed by atoms with Crippen molar-refractivity contribution in [1.82, 2.24) is 0 Å². The molecular formula is C14H18Cl2O2. The Morgan fingerprint density at radius 3 is 2.28 bits per heavy atom. The van der Waals surface area contributed by atoms with E-state index in [1.165, 1.54) is 0 Å². The second-order valence-electron chi connectivity index (χ2n) is 4.65. The highest BCUT2D eigenvalue weighted by Crippen LogP contribution is 2.34. The molecule has 0 N–H and O–H groups in total. The molecule has 0 aliphatic heterocycles. The number of Topliss-reactive ketones (excluding diaryl/α,β-unsaturated/α-hetero) is 1. The zero-order chi connectivity index (χ0) is 14.0. The number of halogens is 2. The lowest BCUT2D eigenvalue weighted by Gasteiger charge is -2.19. The zero-order valence-corrected chi connectivity index (χ0v) is 12.8. The molecule has 0 aliphatic rings. The molecular weight excluding hydrogens is 271 g/mol. The van der Waals surface area contributed by atoms with E-state index in [9.17, 15) is 4.79 Å². The molecule has 1 atom stereocenters. The van der Waals surface area contributed by atoms with Gasteiger partial charge in [0.25, 0.3) is 0 Å². The molecule has 0 radical (unpaired) electrons. The van der Waals surface area contributed by atoms with Gasteiger partial charge in [-0.15, -0.1) is 11.6 Å². The fraction of sp³-hybridized carbons (Fsp3) is 0.500. The Hall–Kier alpha value is -0.730. The third kappa shape index (κ3) is 3.18. The maximum Gasteiger partial charge on any atom is 0.184 e. The Bertz CT molecular complexity index is 465. The third-order valence-electron chi connectivity index (χ3n) is 2.62. The first-order valence-electron chi connectivity index (χ1n) is 5.90. The van der Waals surface area contributed by atoms with Gasteiger partial charge in [0, 0.05) is 5.02 Å². The second kappa shape index (κ2) is 5.94. The third-order valence-corrected chi connectivity index (χ3v) is 3.21. The van der Waals surface area contributed by atoms with Crippen molar-refractivity contribution >= 4 is 29.0 Å². The average Bonchev–Trinajstić information content (AvgIpc) is 2.24. The fourth-order valence-corrected chi connectivity index (χ4v) is 2.10. The summed E-state index contributed by atoms with van der Waals surface area (Å²) >= 11 is 12.0. The van der Waals surface area contributed by atoms with Gasteiger partial charge in [-0.05, 0) is 51.8 Å². The maximum atomic E-state index is 12.2. The van der Waals surface area contributed by atoms with Crippen molar-refractivity contribution < 1.29 is 9.53 Å². The van der Waals surface area contributed by atoms with E-state index in [1.807, 2.05) is 33.8 Å². The van der Waals surface area contributed by atoms with E-state index in [1.54, 1.807) is 6.92 Å². The van der Waals surface area contributed by atoms with Gasteiger partial charge in [0.1, 0.15) is 5.75 Å². The Morgan fingerprint density at radius 2 is 1.83 bits per heavy atom. The molecule has 1 unspecified atom stereocenters. The summed E-state index contributed by atoms with van der Waals surface area (Å²) in [5.74, 6) is 0.430. The molecule has 0 aromatic heterocycles. The molecule has 4 heteroatoms. The minimum atomic E-state index is -0.601. The van der Waals surface area contributed by atoms with Crippen molar-refractivity contribution in [2.45, 2.75) is 46.1 Å². The van der Waals surface area contributed by atoms with Crippen LogP contribution in [0.15, 0.2) is 6.07 Å². The number of carbonyl (C=O) groups excluding carboxylic acids is 1. The smallest absolute Gasteiger partial charge is 0.184 e. The first kappa shape index (κ1) is 15.3. The number of ketones is 1. The van der Waals surface area contributed by atoms with E-state index in [-0.39, 0.29) is 11.9 Å². The van der Waals surface area contributed by atoms with Crippen LogP contribution in [0.3, 0.4) is 0 Å². The molecule has 0 fully saturated rings. The molecule has 2 nitrogen and oxygen atoms in total. The van der Waals surface area contributed by atoms with Gasteiger partial charge in [0.15, 0.2) is 5.78 Å². The van der Waals surface area contributed by atoms with Crippen molar-refractivity contribution in [3.05, 3.63) is 27.8 Å². The first-order chi connectivity index (χ1) is 8.25. The quantitative estimate of drug-likeness (QED) is 0.600.